The third kappa shape index (κ3) is 3.13. The Morgan fingerprint density at radius 3 is 2.31 bits per heavy atom. The van der Waals surface area contributed by atoms with Crippen LogP contribution in [0.1, 0.15) is 0 Å². The zero-order valence-electron chi connectivity index (χ0n) is 5.77. The van der Waals surface area contributed by atoms with Crippen molar-refractivity contribution in [2.24, 2.45) is 0 Å². The van der Waals surface area contributed by atoms with Gasteiger partial charge in [-0.1, -0.05) is 0 Å². The maximum atomic E-state index is 12.5. The zero-order chi connectivity index (χ0) is 10.1. The molecule has 1 rings (SSSR count). The molecule has 0 spiro atoms. The summed E-state index contributed by atoms with van der Waals surface area (Å²) in [6, 6.07) is 0. The van der Waals surface area contributed by atoms with Gasteiger partial charge in [0.25, 0.3) is 0 Å². The van der Waals surface area contributed by atoms with Gasteiger partial charge in [-0.25, -0.2) is 4.98 Å². The zero-order valence-corrected chi connectivity index (χ0v) is 6.59. The van der Waals surface area contributed by atoms with E-state index < -0.39 is 34.2 Å². The van der Waals surface area contributed by atoms with Crippen molar-refractivity contribution in [3.63, 3.8) is 0 Å². The summed E-state index contributed by atoms with van der Waals surface area (Å²) in [5, 5.41) is 0. The van der Waals surface area contributed by atoms with Gasteiger partial charge in [-0.3, -0.25) is 0 Å². The van der Waals surface area contributed by atoms with Crippen molar-refractivity contribution in [1.82, 2.24) is 9.97 Å². The van der Waals surface area contributed by atoms with Crippen LogP contribution in [0.4, 0.5) is 22.0 Å². The van der Waals surface area contributed by atoms with Crippen LogP contribution in [0.3, 0.4) is 0 Å². The van der Waals surface area contributed by atoms with Crippen molar-refractivity contribution in [1.29, 1.82) is 0 Å². The summed E-state index contributed by atoms with van der Waals surface area (Å²) >= 11 is -0.731. The lowest BCUT2D eigenvalue weighted by Crippen LogP contribution is -2.03. The molecule has 0 unspecified atom stereocenters. The predicted molar refractivity (Wildman–Crippen MR) is 33.9 cm³/mol. The monoisotopic (exact) mass is 216 g/mol. The van der Waals surface area contributed by atoms with Crippen LogP contribution in [0, 0.1) is 12.0 Å². The smallest absolute Gasteiger partial charge is 0.209 e. The second-order valence-electron chi connectivity index (χ2n) is 1.84. The number of hydrogen-bond donors (Lipinski definition) is 0. The Labute approximate surface area is 73.2 Å². The molecule has 0 amide bonds. The molecule has 0 atom stereocenters. The standard InChI is InChI=1S/C5HF5N2S/c6-3-2(13-5(8,9)10)1-11-4(7)12-3/h1H. The normalized spacial score (nSPS) is 11.8. The van der Waals surface area contributed by atoms with Crippen LogP contribution in [0.5, 0.6) is 0 Å². The Bertz CT molecular complexity index is 312. The summed E-state index contributed by atoms with van der Waals surface area (Å²) in [6.07, 6.45) is -0.959. The number of halogens is 5. The fourth-order valence-electron chi connectivity index (χ4n) is 0.523. The molecule has 13 heavy (non-hydrogen) atoms. The Hall–Kier alpha value is -0.920. The minimum absolute atomic E-state index is 0.440. The summed E-state index contributed by atoms with van der Waals surface area (Å²) in [5.74, 6) is -1.52. The van der Waals surface area contributed by atoms with E-state index in [1.54, 1.807) is 0 Å². The first kappa shape index (κ1) is 10.2. The number of rotatable bonds is 1. The van der Waals surface area contributed by atoms with Crippen molar-refractivity contribution >= 4 is 11.8 Å². The van der Waals surface area contributed by atoms with Gasteiger partial charge in [-0.05, 0) is 11.8 Å². The molecule has 0 radical (unpaired) electrons. The summed E-state index contributed by atoms with van der Waals surface area (Å²) in [5.41, 5.74) is -4.64. The number of hydrogen-bond acceptors (Lipinski definition) is 3. The van der Waals surface area contributed by atoms with Crippen molar-refractivity contribution in [2.45, 2.75) is 10.4 Å². The first-order valence-corrected chi connectivity index (χ1v) is 3.64. The molecule has 2 nitrogen and oxygen atoms in total. The average Bonchev–Trinajstić information content (AvgIpc) is 1.93. The van der Waals surface area contributed by atoms with Crippen LogP contribution >= 0.6 is 11.8 Å². The number of alkyl halides is 3. The van der Waals surface area contributed by atoms with E-state index >= 15 is 0 Å². The maximum Gasteiger partial charge on any atom is 0.446 e. The van der Waals surface area contributed by atoms with Crippen molar-refractivity contribution in [2.75, 3.05) is 0 Å². The number of nitrogens with zero attached hydrogens (tertiary/aromatic N) is 2. The van der Waals surface area contributed by atoms with E-state index in [1.165, 1.54) is 0 Å². The van der Waals surface area contributed by atoms with Gasteiger partial charge in [0, 0.05) is 0 Å². The molecule has 0 bridgehead atoms. The van der Waals surface area contributed by atoms with Gasteiger partial charge in [-0.15, -0.1) is 0 Å². The predicted octanol–water partition coefficient (Wildman–Crippen LogP) is 2.37. The van der Waals surface area contributed by atoms with Crippen LogP contribution in [-0.4, -0.2) is 15.5 Å². The fourth-order valence-corrected chi connectivity index (χ4v) is 1.01. The lowest BCUT2D eigenvalue weighted by Gasteiger charge is -2.04. The molecule has 1 aromatic rings. The van der Waals surface area contributed by atoms with Crippen molar-refractivity contribution in [3.05, 3.63) is 18.2 Å². The largest absolute Gasteiger partial charge is 0.446 e. The first-order valence-electron chi connectivity index (χ1n) is 2.82. The van der Waals surface area contributed by atoms with Crippen molar-refractivity contribution in [3.8, 4) is 0 Å². The maximum absolute atomic E-state index is 12.5. The average molecular weight is 216 g/mol. The van der Waals surface area contributed by atoms with Crippen molar-refractivity contribution < 1.29 is 22.0 Å². The van der Waals surface area contributed by atoms with Crippen LogP contribution < -0.4 is 0 Å². The van der Waals surface area contributed by atoms with E-state index in [1.807, 2.05) is 0 Å². The Morgan fingerprint density at radius 2 is 1.85 bits per heavy atom. The minimum Gasteiger partial charge on any atom is -0.209 e. The lowest BCUT2D eigenvalue weighted by molar-refractivity contribution is -0.0329. The second kappa shape index (κ2) is 3.44. The third-order valence-electron chi connectivity index (χ3n) is 0.908. The molecule has 0 aromatic carbocycles. The van der Waals surface area contributed by atoms with Crippen LogP contribution in [0.15, 0.2) is 11.1 Å². The van der Waals surface area contributed by atoms with E-state index in [0.717, 1.165) is 0 Å². The Kier molecular flexibility index (Phi) is 2.69. The van der Waals surface area contributed by atoms with Gasteiger partial charge in [0.2, 0.25) is 5.95 Å². The summed E-state index contributed by atoms with van der Waals surface area (Å²) in [7, 11) is 0. The van der Waals surface area contributed by atoms with Gasteiger partial charge >= 0.3 is 11.6 Å². The van der Waals surface area contributed by atoms with Gasteiger partial charge in [0.15, 0.2) is 0 Å². The summed E-state index contributed by atoms with van der Waals surface area (Å²) in [6.45, 7) is 0. The van der Waals surface area contributed by atoms with Crippen LogP contribution in [0.2, 0.25) is 0 Å². The van der Waals surface area contributed by atoms with Gasteiger partial charge in [-0.2, -0.15) is 26.9 Å². The van der Waals surface area contributed by atoms with E-state index in [2.05, 4.69) is 9.97 Å². The molecule has 0 N–H and O–H groups in total. The molecule has 1 heterocycles. The Morgan fingerprint density at radius 1 is 1.23 bits per heavy atom. The third-order valence-corrected chi connectivity index (χ3v) is 1.63. The molecule has 8 heteroatoms. The first-order chi connectivity index (χ1) is 5.88. The molecule has 0 aliphatic carbocycles. The van der Waals surface area contributed by atoms with E-state index in [0.29, 0.717) is 6.20 Å². The van der Waals surface area contributed by atoms with E-state index in [-0.39, 0.29) is 0 Å². The number of thioether (sulfide) groups is 1. The van der Waals surface area contributed by atoms with Crippen LogP contribution in [0.25, 0.3) is 0 Å². The minimum atomic E-state index is -4.64. The SMILES string of the molecule is Fc1ncc(SC(F)(F)F)c(F)n1. The van der Waals surface area contributed by atoms with Crippen LogP contribution in [-0.2, 0) is 0 Å². The summed E-state index contributed by atoms with van der Waals surface area (Å²) in [4.78, 5) is 4.43. The molecule has 0 aliphatic heterocycles. The molecular formula is C5HF5N2S. The highest BCUT2D eigenvalue weighted by atomic mass is 32.2. The molecule has 0 saturated carbocycles. The quantitative estimate of drug-likeness (QED) is 0.312. The molecule has 1 aromatic heterocycles. The molecule has 0 aliphatic rings. The number of aromatic nitrogens is 2. The van der Waals surface area contributed by atoms with Gasteiger partial charge < -0.3 is 0 Å². The highest BCUT2D eigenvalue weighted by molar-refractivity contribution is 8.00. The molecule has 0 fully saturated rings. The Balaban J connectivity index is 2.90. The molecule has 0 saturated heterocycles. The molecular weight excluding hydrogens is 215 g/mol. The summed E-state index contributed by atoms with van der Waals surface area (Å²) < 4.78 is 59.5. The van der Waals surface area contributed by atoms with Gasteiger partial charge in [0.05, 0.1) is 11.1 Å². The van der Waals surface area contributed by atoms with E-state index in [9.17, 15) is 22.0 Å². The topological polar surface area (TPSA) is 25.8 Å². The van der Waals surface area contributed by atoms with Gasteiger partial charge in [0.1, 0.15) is 0 Å². The lowest BCUT2D eigenvalue weighted by atomic mass is 10.6. The second-order valence-corrected chi connectivity index (χ2v) is 2.95. The van der Waals surface area contributed by atoms with E-state index in [4.69, 9.17) is 0 Å². The fraction of sp³-hybridized carbons (Fsp3) is 0.200. The highest BCUT2D eigenvalue weighted by Crippen LogP contribution is 2.37. The highest BCUT2D eigenvalue weighted by Gasteiger charge is 2.31. The molecule has 72 valence electrons.